The van der Waals surface area contributed by atoms with Crippen molar-refractivity contribution in [2.75, 3.05) is 6.54 Å². The minimum atomic E-state index is -0.390. The molecule has 0 aliphatic carbocycles. The van der Waals surface area contributed by atoms with E-state index in [1.807, 2.05) is 0 Å². The average molecular weight is 382 g/mol. The molecule has 4 nitrogen and oxygen atoms in total. The van der Waals surface area contributed by atoms with Crippen LogP contribution in [0.5, 0.6) is 0 Å². The van der Waals surface area contributed by atoms with Crippen molar-refractivity contribution in [1.82, 2.24) is 5.32 Å². The second-order valence-electron chi connectivity index (χ2n) is 8.14. The summed E-state index contributed by atoms with van der Waals surface area (Å²) in [5, 5.41) is 3.06. The Morgan fingerprint density at radius 2 is 1.26 bits per heavy atom. The number of hydrogen-bond acceptors (Lipinski definition) is 4. The Morgan fingerprint density at radius 1 is 0.778 bits per heavy atom. The summed E-state index contributed by atoms with van der Waals surface area (Å²) < 4.78 is 4.91. The summed E-state index contributed by atoms with van der Waals surface area (Å²) in [6, 6.07) is -0.269. The molecule has 1 aliphatic rings. The van der Waals surface area contributed by atoms with Crippen LogP contribution >= 0.6 is 0 Å². The maximum absolute atomic E-state index is 11.7. The molecule has 1 rings (SSSR count). The van der Waals surface area contributed by atoms with Crippen LogP contribution in [0.2, 0.25) is 0 Å². The van der Waals surface area contributed by atoms with Crippen LogP contribution in [0.3, 0.4) is 0 Å². The molecule has 158 valence electrons. The number of hydrogen-bond donors (Lipinski definition) is 1. The molecule has 0 aromatic rings. The summed E-state index contributed by atoms with van der Waals surface area (Å²) in [5.74, 6) is -0.748. The van der Waals surface area contributed by atoms with Gasteiger partial charge in [-0.1, -0.05) is 96.8 Å². The first-order valence-corrected chi connectivity index (χ1v) is 11.7. The van der Waals surface area contributed by atoms with E-state index in [4.69, 9.17) is 4.74 Å². The molecule has 0 bridgehead atoms. The molecule has 1 atom stereocenters. The third-order valence-corrected chi connectivity index (χ3v) is 5.54. The Balaban J connectivity index is 1.77. The molecule has 0 aromatic carbocycles. The van der Waals surface area contributed by atoms with Gasteiger partial charge in [0.25, 0.3) is 0 Å². The highest BCUT2D eigenvalue weighted by Gasteiger charge is 2.25. The fraction of sp³-hybridized carbons (Fsp3) is 0.913. The number of ether oxygens (including phenoxy) is 1. The molecule has 0 unspecified atom stereocenters. The first kappa shape index (κ1) is 24.1. The van der Waals surface area contributed by atoms with Crippen molar-refractivity contribution in [2.45, 2.75) is 129 Å². The maximum atomic E-state index is 11.7. The van der Waals surface area contributed by atoms with Crippen molar-refractivity contribution in [1.29, 1.82) is 0 Å². The predicted molar refractivity (Wildman–Crippen MR) is 112 cm³/mol. The highest BCUT2D eigenvalue weighted by atomic mass is 16.6. The lowest BCUT2D eigenvalue weighted by atomic mass is 10.0. The zero-order valence-corrected chi connectivity index (χ0v) is 17.7. The van der Waals surface area contributed by atoms with Crippen LogP contribution in [0, 0.1) is 0 Å². The zero-order valence-electron chi connectivity index (χ0n) is 17.7. The Kier molecular flexibility index (Phi) is 15.4. The van der Waals surface area contributed by atoms with Crippen LogP contribution in [0.25, 0.3) is 0 Å². The van der Waals surface area contributed by atoms with Crippen molar-refractivity contribution >= 4 is 11.9 Å². The molecule has 1 N–H and O–H groups in total. The van der Waals surface area contributed by atoms with E-state index in [2.05, 4.69) is 12.2 Å². The minimum Gasteiger partial charge on any atom is -0.392 e. The lowest BCUT2D eigenvalue weighted by Gasteiger charge is -2.08. The van der Waals surface area contributed by atoms with Gasteiger partial charge in [0.2, 0.25) is 0 Å². The predicted octanol–water partition coefficient (Wildman–Crippen LogP) is 6.07. The van der Waals surface area contributed by atoms with Crippen LogP contribution in [-0.4, -0.2) is 24.5 Å². The fourth-order valence-corrected chi connectivity index (χ4v) is 3.76. The standard InChI is InChI=1S/C23H43NO3/c1-2-3-4-5-6-7-8-9-10-11-12-13-14-15-16-19-22(25)27-23(26)21-18-17-20-24-21/h21,24H,2-20H2,1H3/t21-/m1/s1. The molecule has 1 heterocycles. The van der Waals surface area contributed by atoms with Gasteiger partial charge in [-0.05, 0) is 25.8 Å². The van der Waals surface area contributed by atoms with Crippen LogP contribution in [-0.2, 0) is 14.3 Å². The second-order valence-corrected chi connectivity index (χ2v) is 8.14. The maximum Gasteiger partial charge on any atom is 0.330 e. The summed E-state index contributed by atoms with van der Waals surface area (Å²) in [6.45, 7) is 3.11. The lowest BCUT2D eigenvalue weighted by molar-refractivity contribution is -0.161. The lowest BCUT2D eigenvalue weighted by Crippen LogP contribution is -2.33. The number of esters is 2. The summed E-state index contributed by atoms with van der Waals surface area (Å²) in [4.78, 5) is 23.4. The number of unbranched alkanes of at least 4 members (excludes halogenated alkanes) is 14. The molecular formula is C23H43NO3. The van der Waals surface area contributed by atoms with Crippen molar-refractivity contribution in [3.05, 3.63) is 0 Å². The van der Waals surface area contributed by atoms with Gasteiger partial charge in [-0.2, -0.15) is 0 Å². The van der Waals surface area contributed by atoms with E-state index in [9.17, 15) is 9.59 Å². The SMILES string of the molecule is CCCCCCCCCCCCCCCCCC(=O)OC(=O)[C@H]1CCCN1. The van der Waals surface area contributed by atoms with Gasteiger partial charge in [0.05, 0.1) is 0 Å². The van der Waals surface area contributed by atoms with Gasteiger partial charge in [0, 0.05) is 6.42 Å². The molecule has 4 heteroatoms. The van der Waals surface area contributed by atoms with Crippen LogP contribution in [0.1, 0.15) is 122 Å². The van der Waals surface area contributed by atoms with Crippen molar-refractivity contribution in [3.63, 3.8) is 0 Å². The van der Waals surface area contributed by atoms with E-state index in [0.29, 0.717) is 6.42 Å². The molecule has 1 aliphatic heterocycles. The number of nitrogens with one attached hydrogen (secondary N) is 1. The number of carbonyl (C=O) groups is 2. The fourth-order valence-electron chi connectivity index (χ4n) is 3.76. The number of rotatable bonds is 17. The van der Waals surface area contributed by atoms with E-state index in [1.165, 1.54) is 83.5 Å². The molecule has 1 saturated heterocycles. The van der Waals surface area contributed by atoms with Gasteiger partial charge in [-0.3, -0.25) is 4.79 Å². The van der Waals surface area contributed by atoms with Gasteiger partial charge in [-0.25, -0.2) is 4.79 Å². The molecule has 0 aromatic heterocycles. The first-order valence-electron chi connectivity index (χ1n) is 11.7. The largest absolute Gasteiger partial charge is 0.392 e. The second kappa shape index (κ2) is 17.2. The van der Waals surface area contributed by atoms with Gasteiger partial charge in [0.1, 0.15) is 6.04 Å². The van der Waals surface area contributed by atoms with E-state index in [1.54, 1.807) is 0 Å². The van der Waals surface area contributed by atoms with Gasteiger partial charge in [0.15, 0.2) is 0 Å². The van der Waals surface area contributed by atoms with E-state index in [0.717, 1.165) is 32.2 Å². The smallest absolute Gasteiger partial charge is 0.330 e. The van der Waals surface area contributed by atoms with Crippen molar-refractivity contribution in [3.8, 4) is 0 Å². The van der Waals surface area contributed by atoms with E-state index in [-0.39, 0.29) is 12.0 Å². The Morgan fingerprint density at radius 3 is 1.70 bits per heavy atom. The van der Waals surface area contributed by atoms with Gasteiger partial charge in [-0.15, -0.1) is 0 Å². The first-order chi connectivity index (χ1) is 13.2. The molecule has 0 saturated carbocycles. The van der Waals surface area contributed by atoms with Gasteiger partial charge < -0.3 is 10.1 Å². The van der Waals surface area contributed by atoms with Crippen molar-refractivity contribution in [2.24, 2.45) is 0 Å². The summed E-state index contributed by atoms with van der Waals surface area (Å²) in [7, 11) is 0. The Bertz CT molecular complexity index is 378. The molecule has 0 radical (unpaired) electrons. The molecule has 27 heavy (non-hydrogen) atoms. The monoisotopic (exact) mass is 381 g/mol. The average Bonchev–Trinajstić information content (AvgIpc) is 3.20. The third kappa shape index (κ3) is 13.8. The summed E-state index contributed by atoms with van der Waals surface area (Å²) >= 11 is 0. The van der Waals surface area contributed by atoms with Gasteiger partial charge >= 0.3 is 11.9 Å². The zero-order chi connectivity index (χ0) is 19.6. The minimum absolute atomic E-state index is 0.269. The third-order valence-electron chi connectivity index (χ3n) is 5.54. The van der Waals surface area contributed by atoms with Crippen LogP contribution in [0.4, 0.5) is 0 Å². The topological polar surface area (TPSA) is 55.4 Å². The molecule has 0 spiro atoms. The van der Waals surface area contributed by atoms with Crippen LogP contribution in [0.15, 0.2) is 0 Å². The van der Waals surface area contributed by atoms with Crippen LogP contribution < -0.4 is 5.32 Å². The Labute approximate surface area is 167 Å². The van der Waals surface area contributed by atoms with E-state index >= 15 is 0 Å². The summed E-state index contributed by atoms with van der Waals surface area (Å²) in [5.41, 5.74) is 0. The molecule has 0 amide bonds. The quantitative estimate of drug-likeness (QED) is 0.189. The van der Waals surface area contributed by atoms with E-state index < -0.39 is 5.97 Å². The van der Waals surface area contributed by atoms with Crippen molar-refractivity contribution < 1.29 is 14.3 Å². The summed E-state index contributed by atoms with van der Waals surface area (Å²) in [6.07, 6.45) is 21.7. The highest BCUT2D eigenvalue weighted by Crippen LogP contribution is 2.14. The molecular weight excluding hydrogens is 338 g/mol. The number of carbonyl (C=O) groups excluding carboxylic acids is 2. The highest BCUT2D eigenvalue weighted by molar-refractivity contribution is 5.88. The molecule has 1 fully saturated rings. The normalized spacial score (nSPS) is 16.6. The Hall–Kier alpha value is -0.900.